The molecule has 1 fully saturated rings. The van der Waals surface area contributed by atoms with Crippen molar-refractivity contribution in [3.63, 3.8) is 0 Å². The van der Waals surface area contributed by atoms with E-state index in [0.717, 1.165) is 59.1 Å². The lowest BCUT2D eigenvalue weighted by atomic mass is 9.92. The molecule has 1 aromatic heterocycles. The van der Waals surface area contributed by atoms with Gasteiger partial charge in [0.2, 0.25) is 0 Å². The number of amides is 3. The molecule has 3 amide bonds. The summed E-state index contributed by atoms with van der Waals surface area (Å²) in [6, 6.07) is 23.6. The summed E-state index contributed by atoms with van der Waals surface area (Å²) in [6.45, 7) is 14.2. The molecule has 0 atom stereocenters. The van der Waals surface area contributed by atoms with Crippen molar-refractivity contribution >= 4 is 29.1 Å². The normalized spacial score (nSPS) is 13.9. The van der Waals surface area contributed by atoms with E-state index in [-0.39, 0.29) is 17.4 Å². The summed E-state index contributed by atoms with van der Waals surface area (Å²) in [7, 11) is 3.96. The van der Waals surface area contributed by atoms with Gasteiger partial charge in [-0.3, -0.25) is 15.0 Å². The SMILES string of the molecule is Cc1ccc(-n2nc(C(C)(C)C)cc2NC(=O)Nc2ccc(CN3CCN(C(=O)c4cccc(N(C)C)c4)CC3)cc2C)cc1. The number of carbonyl (C=O) groups is 2. The minimum Gasteiger partial charge on any atom is -0.378 e. The number of rotatable bonds is 7. The Bertz CT molecular complexity index is 1660. The number of piperazine rings is 1. The van der Waals surface area contributed by atoms with Crippen molar-refractivity contribution in [2.45, 2.75) is 46.6 Å². The monoisotopic (exact) mass is 607 g/mol. The van der Waals surface area contributed by atoms with Gasteiger partial charge in [-0.25, -0.2) is 9.48 Å². The van der Waals surface area contributed by atoms with Crippen molar-refractivity contribution in [3.05, 3.63) is 101 Å². The smallest absolute Gasteiger partial charge is 0.324 e. The van der Waals surface area contributed by atoms with Crippen LogP contribution in [0.4, 0.5) is 22.0 Å². The Kier molecular flexibility index (Phi) is 9.29. The Morgan fingerprint density at radius 3 is 2.22 bits per heavy atom. The molecule has 9 nitrogen and oxygen atoms in total. The molecule has 2 heterocycles. The maximum Gasteiger partial charge on any atom is 0.324 e. The Balaban J connectivity index is 1.18. The second-order valence-electron chi connectivity index (χ2n) is 13.2. The molecular formula is C36H45N7O2. The van der Waals surface area contributed by atoms with Crippen molar-refractivity contribution < 1.29 is 9.59 Å². The summed E-state index contributed by atoms with van der Waals surface area (Å²) in [5.74, 6) is 0.693. The molecule has 4 aromatic rings. The van der Waals surface area contributed by atoms with Crippen LogP contribution in [-0.4, -0.2) is 71.8 Å². The lowest BCUT2D eigenvalue weighted by molar-refractivity contribution is 0.0628. The van der Waals surface area contributed by atoms with Crippen LogP contribution in [0.3, 0.4) is 0 Å². The van der Waals surface area contributed by atoms with Gasteiger partial charge in [-0.2, -0.15) is 5.10 Å². The van der Waals surface area contributed by atoms with Gasteiger partial charge in [0, 0.05) is 75.2 Å². The molecule has 0 aliphatic carbocycles. The lowest BCUT2D eigenvalue weighted by Crippen LogP contribution is -2.48. The molecule has 5 rings (SSSR count). The van der Waals surface area contributed by atoms with Crippen LogP contribution in [0.25, 0.3) is 5.69 Å². The predicted molar refractivity (Wildman–Crippen MR) is 183 cm³/mol. The van der Waals surface area contributed by atoms with E-state index < -0.39 is 0 Å². The molecule has 0 spiro atoms. The topological polar surface area (TPSA) is 85.7 Å². The highest BCUT2D eigenvalue weighted by molar-refractivity contribution is 6.00. The van der Waals surface area contributed by atoms with Gasteiger partial charge < -0.3 is 15.1 Å². The first-order chi connectivity index (χ1) is 21.4. The van der Waals surface area contributed by atoms with E-state index in [2.05, 4.69) is 48.4 Å². The summed E-state index contributed by atoms with van der Waals surface area (Å²) in [4.78, 5) is 32.6. The minimum atomic E-state index is -0.323. The summed E-state index contributed by atoms with van der Waals surface area (Å²) in [5.41, 5.74) is 7.43. The van der Waals surface area contributed by atoms with Gasteiger partial charge in [0.25, 0.3) is 5.91 Å². The van der Waals surface area contributed by atoms with Crippen molar-refractivity contribution in [1.82, 2.24) is 19.6 Å². The fourth-order valence-electron chi connectivity index (χ4n) is 5.42. The van der Waals surface area contributed by atoms with Crippen molar-refractivity contribution in [3.8, 4) is 5.69 Å². The van der Waals surface area contributed by atoms with Crippen LogP contribution in [0, 0.1) is 13.8 Å². The summed E-state index contributed by atoms with van der Waals surface area (Å²) in [6.07, 6.45) is 0. The van der Waals surface area contributed by atoms with Gasteiger partial charge in [-0.15, -0.1) is 0 Å². The van der Waals surface area contributed by atoms with E-state index in [9.17, 15) is 9.59 Å². The molecule has 0 saturated carbocycles. The fraction of sp³-hybridized carbons (Fsp3) is 0.361. The first-order valence-corrected chi connectivity index (χ1v) is 15.5. The first-order valence-electron chi connectivity index (χ1n) is 15.5. The Labute approximate surface area is 266 Å². The summed E-state index contributed by atoms with van der Waals surface area (Å²) < 4.78 is 1.78. The van der Waals surface area contributed by atoms with Crippen LogP contribution in [0.2, 0.25) is 0 Å². The van der Waals surface area contributed by atoms with Crippen LogP contribution in [0.5, 0.6) is 0 Å². The number of nitrogens with zero attached hydrogens (tertiary/aromatic N) is 5. The van der Waals surface area contributed by atoms with Crippen molar-refractivity contribution in [1.29, 1.82) is 0 Å². The molecule has 1 aliphatic heterocycles. The largest absolute Gasteiger partial charge is 0.378 e. The molecule has 0 radical (unpaired) electrons. The maximum absolute atomic E-state index is 13.2. The number of aromatic nitrogens is 2. The number of carbonyl (C=O) groups excluding carboxylic acids is 2. The first kappa shape index (κ1) is 31.8. The molecule has 0 bridgehead atoms. The average molecular weight is 608 g/mol. The van der Waals surface area contributed by atoms with E-state index in [1.165, 1.54) is 5.56 Å². The zero-order valence-electron chi connectivity index (χ0n) is 27.5. The number of nitrogens with one attached hydrogen (secondary N) is 2. The highest BCUT2D eigenvalue weighted by Gasteiger charge is 2.24. The zero-order valence-corrected chi connectivity index (χ0v) is 27.5. The van der Waals surface area contributed by atoms with Gasteiger partial charge in [-0.05, 0) is 61.4 Å². The van der Waals surface area contributed by atoms with Gasteiger partial charge in [0.05, 0.1) is 11.4 Å². The van der Waals surface area contributed by atoms with Crippen LogP contribution in [0.1, 0.15) is 53.5 Å². The molecule has 0 unspecified atom stereocenters. The number of aryl methyl sites for hydroxylation is 2. The molecule has 1 saturated heterocycles. The Hall–Kier alpha value is -4.63. The van der Waals surface area contributed by atoms with E-state index in [1.54, 1.807) is 4.68 Å². The molecule has 2 N–H and O–H groups in total. The fourth-order valence-corrected chi connectivity index (χ4v) is 5.42. The van der Waals surface area contributed by atoms with Crippen LogP contribution in [0.15, 0.2) is 72.8 Å². The zero-order chi connectivity index (χ0) is 32.3. The van der Waals surface area contributed by atoms with E-state index in [1.807, 2.05) is 98.4 Å². The third-order valence-corrected chi connectivity index (χ3v) is 8.21. The third-order valence-electron chi connectivity index (χ3n) is 8.21. The predicted octanol–water partition coefficient (Wildman–Crippen LogP) is 6.45. The number of hydrogen-bond acceptors (Lipinski definition) is 5. The Morgan fingerprint density at radius 1 is 0.867 bits per heavy atom. The molecule has 45 heavy (non-hydrogen) atoms. The highest BCUT2D eigenvalue weighted by atomic mass is 16.2. The number of benzene rings is 3. The second kappa shape index (κ2) is 13.2. The highest BCUT2D eigenvalue weighted by Crippen LogP contribution is 2.27. The number of urea groups is 1. The molecular weight excluding hydrogens is 562 g/mol. The van der Waals surface area contributed by atoms with Gasteiger partial charge in [0.15, 0.2) is 0 Å². The maximum atomic E-state index is 13.2. The third kappa shape index (κ3) is 7.72. The van der Waals surface area contributed by atoms with E-state index in [0.29, 0.717) is 18.9 Å². The van der Waals surface area contributed by atoms with Crippen LogP contribution >= 0.6 is 0 Å². The number of hydrogen-bond donors (Lipinski definition) is 2. The minimum absolute atomic E-state index is 0.0828. The van der Waals surface area contributed by atoms with E-state index in [4.69, 9.17) is 5.10 Å². The molecule has 236 valence electrons. The van der Waals surface area contributed by atoms with Crippen molar-refractivity contribution in [2.75, 3.05) is 55.8 Å². The quantitative estimate of drug-likeness (QED) is 0.252. The second-order valence-corrected chi connectivity index (χ2v) is 13.2. The molecule has 3 aromatic carbocycles. The lowest BCUT2D eigenvalue weighted by Gasteiger charge is -2.35. The van der Waals surface area contributed by atoms with Crippen LogP contribution in [-0.2, 0) is 12.0 Å². The van der Waals surface area contributed by atoms with Crippen molar-refractivity contribution in [2.24, 2.45) is 0 Å². The van der Waals surface area contributed by atoms with E-state index >= 15 is 0 Å². The van der Waals surface area contributed by atoms with Gasteiger partial charge in [0.1, 0.15) is 5.82 Å². The van der Waals surface area contributed by atoms with Crippen LogP contribution < -0.4 is 15.5 Å². The molecule has 9 heteroatoms. The summed E-state index contributed by atoms with van der Waals surface area (Å²) in [5, 5.41) is 10.8. The summed E-state index contributed by atoms with van der Waals surface area (Å²) >= 11 is 0. The Morgan fingerprint density at radius 2 is 1.58 bits per heavy atom. The molecule has 1 aliphatic rings. The van der Waals surface area contributed by atoms with Gasteiger partial charge >= 0.3 is 6.03 Å². The standard InChI is InChI=1S/C36H45N7O2/c1-25-11-14-29(15-12-25)43-33(23-32(39-43)36(3,4)5)38-35(45)37-31-16-13-27(21-26(31)2)24-41-17-19-42(20-18-41)34(44)28-9-8-10-30(22-28)40(6)7/h8-16,21-23H,17-20,24H2,1-7H3,(H2,37,38,45). The van der Waals surface area contributed by atoms with Gasteiger partial charge in [-0.1, -0.05) is 56.7 Å². The number of anilines is 3. The average Bonchev–Trinajstić information content (AvgIpc) is 3.43.